The number of benzene rings is 10. The van der Waals surface area contributed by atoms with Crippen molar-refractivity contribution in [2.24, 2.45) is 0 Å². The van der Waals surface area contributed by atoms with Crippen molar-refractivity contribution in [3.8, 4) is 89.0 Å². The van der Waals surface area contributed by atoms with E-state index >= 15 is 0 Å². The van der Waals surface area contributed by atoms with Crippen LogP contribution >= 0.6 is 11.7 Å². The predicted molar refractivity (Wildman–Crippen MR) is 290 cm³/mol. The fourth-order valence-corrected chi connectivity index (χ4v) is 9.33. The first-order valence-corrected chi connectivity index (χ1v) is 22.4. The van der Waals surface area contributed by atoms with Gasteiger partial charge in [-0.1, -0.05) is 258 Å². The maximum absolute atomic E-state index is 6.66. The summed E-state index contributed by atoms with van der Waals surface area (Å²) < 4.78 is 9.50. The van der Waals surface area contributed by atoms with Crippen LogP contribution in [0.5, 0.6) is 0 Å². The van der Waals surface area contributed by atoms with Crippen molar-refractivity contribution < 1.29 is 0 Å². The van der Waals surface area contributed by atoms with Crippen molar-refractivity contribution in [3.63, 3.8) is 0 Å². The lowest BCUT2D eigenvalue weighted by atomic mass is 9.89. The van der Waals surface area contributed by atoms with Crippen molar-refractivity contribution in [1.82, 2.24) is 8.75 Å². The first-order valence-electron chi connectivity index (χ1n) is 21.7. The fourth-order valence-electron chi connectivity index (χ4n) is 8.76. The van der Waals surface area contributed by atoms with E-state index in [9.17, 15) is 0 Å². The SMILES string of the molecule is C.C.Nc1c(-c2ccccc2-c2ccccc2)ccc(-c2ccccc2-c2ccccc2)c1N.c1ccc(-c2ccccc2-c2ccc(-c3ccccc3-c3ccccc3)c3nsnc23)cc1. The topological polar surface area (TPSA) is 77.8 Å². The first kappa shape index (κ1) is 45.2. The number of nitrogens with zero attached hydrogens (tertiary/aromatic N) is 2. The molecular formula is C62H52N4S. The van der Waals surface area contributed by atoms with E-state index in [1.54, 1.807) is 0 Å². The van der Waals surface area contributed by atoms with E-state index in [1.165, 1.54) is 45.1 Å². The summed E-state index contributed by atoms with van der Waals surface area (Å²) in [6, 6.07) is 84.0. The van der Waals surface area contributed by atoms with E-state index < -0.39 is 0 Å². The number of nitrogens with two attached hydrogens (primary N) is 2. The average Bonchev–Trinajstić information content (AvgIpc) is 3.89. The van der Waals surface area contributed by atoms with E-state index in [4.69, 9.17) is 20.2 Å². The largest absolute Gasteiger partial charge is 0.397 e. The molecule has 11 rings (SSSR count). The molecule has 0 bridgehead atoms. The number of nitrogen functional groups attached to an aromatic ring is 2. The third-order valence-electron chi connectivity index (χ3n) is 11.9. The molecule has 0 unspecified atom stereocenters. The van der Waals surface area contributed by atoms with Crippen molar-refractivity contribution >= 4 is 34.1 Å². The zero-order valence-electron chi connectivity index (χ0n) is 35.6. The molecule has 0 saturated carbocycles. The molecule has 0 aliphatic heterocycles. The lowest BCUT2D eigenvalue weighted by Crippen LogP contribution is -2.01. The fraction of sp³-hybridized carbons (Fsp3) is 0.0323. The van der Waals surface area contributed by atoms with E-state index in [2.05, 4.69) is 182 Å². The second-order valence-electron chi connectivity index (χ2n) is 15.8. The standard InChI is InChI=1S/C30H20N2S.C30H24N2.2CH4/c1-3-11-21(12-4-1)23-15-7-9-17-25(23)27-19-20-28(30-29(27)31-33-32-30)26-18-10-8-16-24(26)22-13-5-2-6-14-22;31-29-27(25-17-9-7-15-23(25)21-11-3-1-4-12-21)19-20-28(30(29)32)26-18-10-8-16-24(26)22-13-5-2-6-14-22;;/h1-20H;1-20H,31-32H2;2*1H4. The highest BCUT2D eigenvalue weighted by molar-refractivity contribution is 7.00. The van der Waals surface area contributed by atoms with Gasteiger partial charge in [0.2, 0.25) is 0 Å². The van der Waals surface area contributed by atoms with Crippen LogP contribution in [0, 0.1) is 0 Å². The molecule has 67 heavy (non-hydrogen) atoms. The van der Waals surface area contributed by atoms with Crippen molar-refractivity contribution in [1.29, 1.82) is 0 Å². The predicted octanol–water partition coefficient (Wildman–Crippen LogP) is 17.2. The number of hydrogen-bond donors (Lipinski definition) is 2. The van der Waals surface area contributed by atoms with Gasteiger partial charge in [0.05, 0.1) is 23.1 Å². The molecule has 4 N–H and O–H groups in total. The van der Waals surface area contributed by atoms with Crippen molar-refractivity contribution in [2.75, 3.05) is 11.5 Å². The van der Waals surface area contributed by atoms with E-state index in [1.807, 2.05) is 60.7 Å². The number of aromatic nitrogens is 2. The van der Waals surface area contributed by atoms with E-state index in [0.717, 1.165) is 66.7 Å². The Labute approximate surface area is 398 Å². The average molecular weight is 885 g/mol. The number of fused-ring (bicyclic) bond motifs is 1. The Hall–Kier alpha value is -8.38. The van der Waals surface area contributed by atoms with Gasteiger partial charge in [-0.15, -0.1) is 0 Å². The Morgan fingerprint density at radius 2 is 0.433 bits per heavy atom. The zero-order valence-corrected chi connectivity index (χ0v) is 36.4. The summed E-state index contributed by atoms with van der Waals surface area (Å²) >= 11 is 1.27. The second kappa shape index (κ2) is 20.6. The number of anilines is 2. The van der Waals surface area contributed by atoms with Gasteiger partial charge < -0.3 is 11.5 Å². The van der Waals surface area contributed by atoms with Gasteiger partial charge in [0, 0.05) is 22.3 Å². The Balaban J connectivity index is 0.000000176. The molecular weight excluding hydrogens is 833 g/mol. The van der Waals surface area contributed by atoms with Crippen LogP contribution in [0.1, 0.15) is 14.9 Å². The smallest absolute Gasteiger partial charge is 0.113 e. The molecule has 0 radical (unpaired) electrons. The molecule has 1 aromatic heterocycles. The Kier molecular flexibility index (Phi) is 13.9. The van der Waals surface area contributed by atoms with E-state index in [-0.39, 0.29) is 14.9 Å². The normalized spacial score (nSPS) is 10.6. The third-order valence-corrected chi connectivity index (χ3v) is 12.4. The van der Waals surface area contributed by atoms with E-state index in [0.29, 0.717) is 11.4 Å². The Morgan fingerprint density at radius 3 is 0.701 bits per heavy atom. The Morgan fingerprint density at radius 1 is 0.224 bits per heavy atom. The molecule has 11 aromatic rings. The van der Waals surface area contributed by atoms with Crippen LogP contribution in [-0.2, 0) is 0 Å². The van der Waals surface area contributed by atoms with Gasteiger partial charge >= 0.3 is 0 Å². The number of hydrogen-bond acceptors (Lipinski definition) is 5. The molecule has 0 spiro atoms. The molecule has 10 aromatic carbocycles. The van der Waals surface area contributed by atoms with Crippen LogP contribution in [0.2, 0.25) is 0 Å². The highest BCUT2D eigenvalue weighted by Gasteiger charge is 2.19. The molecule has 1 heterocycles. The minimum absolute atomic E-state index is 0. The van der Waals surface area contributed by atoms with Crippen LogP contribution in [0.15, 0.2) is 243 Å². The van der Waals surface area contributed by atoms with Gasteiger partial charge in [0.1, 0.15) is 11.0 Å². The quantitative estimate of drug-likeness (QED) is 0.149. The molecule has 326 valence electrons. The molecule has 5 heteroatoms. The van der Waals surface area contributed by atoms with Crippen molar-refractivity contribution in [3.05, 3.63) is 243 Å². The summed E-state index contributed by atoms with van der Waals surface area (Å²) in [5, 5.41) is 0. The van der Waals surface area contributed by atoms with Gasteiger partial charge in [0.15, 0.2) is 0 Å². The second-order valence-corrected chi connectivity index (χ2v) is 16.3. The van der Waals surface area contributed by atoms with Crippen LogP contribution in [0.25, 0.3) is 100 Å². The van der Waals surface area contributed by atoms with Gasteiger partial charge in [-0.25, -0.2) is 0 Å². The Bertz CT molecular complexity index is 3160. The molecule has 0 aliphatic carbocycles. The summed E-state index contributed by atoms with van der Waals surface area (Å²) in [4.78, 5) is 0. The third kappa shape index (κ3) is 9.14. The number of rotatable bonds is 8. The van der Waals surface area contributed by atoms with Gasteiger partial charge in [-0.05, 0) is 66.8 Å². The maximum Gasteiger partial charge on any atom is 0.113 e. The van der Waals surface area contributed by atoms with Crippen molar-refractivity contribution in [2.45, 2.75) is 14.9 Å². The van der Waals surface area contributed by atoms with Gasteiger partial charge in [-0.2, -0.15) is 8.75 Å². The van der Waals surface area contributed by atoms with Gasteiger partial charge in [0.25, 0.3) is 0 Å². The molecule has 4 nitrogen and oxygen atoms in total. The molecule has 0 amide bonds. The minimum atomic E-state index is 0. The summed E-state index contributed by atoms with van der Waals surface area (Å²) in [5.41, 5.74) is 34.4. The summed E-state index contributed by atoms with van der Waals surface area (Å²) in [7, 11) is 0. The first-order chi connectivity index (χ1) is 32.1. The maximum atomic E-state index is 6.66. The summed E-state index contributed by atoms with van der Waals surface area (Å²) in [5.74, 6) is 0. The molecule has 0 atom stereocenters. The summed E-state index contributed by atoms with van der Waals surface area (Å²) in [6.45, 7) is 0. The lowest BCUT2D eigenvalue weighted by molar-refractivity contribution is 1.55. The van der Waals surface area contributed by atoms with Crippen LogP contribution in [-0.4, -0.2) is 8.75 Å². The monoisotopic (exact) mass is 884 g/mol. The molecule has 0 fully saturated rings. The zero-order chi connectivity index (χ0) is 44.0. The van der Waals surface area contributed by atoms with Crippen LogP contribution in [0.3, 0.4) is 0 Å². The van der Waals surface area contributed by atoms with Crippen LogP contribution < -0.4 is 11.5 Å². The highest BCUT2D eigenvalue weighted by atomic mass is 32.1. The molecule has 0 aliphatic rings. The minimum Gasteiger partial charge on any atom is -0.397 e. The van der Waals surface area contributed by atoms with Gasteiger partial charge in [-0.3, -0.25) is 0 Å². The summed E-state index contributed by atoms with van der Waals surface area (Å²) in [6.07, 6.45) is 0. The highest BCUT2D eigenvalue weighted by Crippen LogP contribution is 2.44. The lowest BCUT2D eigenvalue weighted by Gasteiger charge is -2.18. The molecule has 0 saturated heterocycles. The van der Waals surface area contributed by atoms with Crippen LogP contribution in [0.4, 0.5) is 11.4 Å².